The number of hydrogen-bond donors (Lipinski definition) is 2. The number of anilines is 2. The van der Waals surface area contributed by atoms with Gasteiger partial charge in [-0.15, -0.1) is 0 Å². The predicted molar refractivity (Wildman–Crippen MR) is 94.9 cm³/mol. The lowest BCUT2D eigenvalue weighted by molar-refractivity contribution is 0.102. The van der Waals surface area contributed by atoms with Crippen molar-refractivity contribution in [3.63, 3.8) is 0 Å². The molecule has 0 aliphatic heterocycles. The van der Waals surface area contributed by atoms with Crippen LogP contribution in [0.1, 0.15) is 21.8 Å². The highest BCUT2D eigenvalue weighted by molar-refractivity contribution is 6.30. The van der Waals surface area contributed by atoms with E-state index in [9.17, 15) is 4.79 Å². The van der Waals surface area contributed by atoms with Crippen LogP contribution in [0.4, 0.5) is 11.6 Å². The average molecular weight is 358 g/mol. The minimum absolute atomic E-state index is 0.237. The maximum absolute atomic E-state index is 12.2. The summed E-state index contributed by atoms with van der Waals surface area (Å²) in [6, 6.07) is 10.9. The van der Waals surface area contributed by atoms with Gasteiger partial charge in [0.25, 0.3) is 5.91 Å². The van der Waals surface area contributed by atoms with E-state index in [1.54, 1.807) is 19.1 Å². The van der Waals surface area contributed by atoms with Crippen molar-refractivity contribution in [2.45, 2.75) is 13.3 Å². The van der Waals surface area contributed by atoms with E-state index < -0.39 is 0 Å². The molecule has 0 bridgehead atoms. The molecule has 0 aliphatic rings. The van der Waals surface area contributed by atoms with E-state index in [-0.39, 0.29) is 11.6 Å². The summed E-state index contributed by atoms with van der Waals surface area (Å²) in [6.45, 7) is 2.40. The number of aryl methyl sites for hydroxylation is 1. The number of nitrogens with zero attached hydrogens (tertiary/aromatic N) is 3. The molecule has 1 amide bonds. The lowest BCUT2D eigenvalue weighted by atomic mass is 10.1. The zero-order valence-electron chi connectivity index (χ0n) is 13.5. The van der Waals surface area contributed by atoms with Gasteiger partial charge in [0.15, 0.2) is 5.82 Å². The quantitative estimate of drug-likeness (QED) is 0.702. The summed E-state index contributed by atoms with van der Waals surface area (Å²) in [6.07, 6.45) is 2.12. The Morgan fingerprint density at radius 1 is 1.20 bits per heavy atom. The Labute approximate surface area is 149 Å². The third-order valence-electron chi connectivity index (χ3n) is 3.38. The van der Waals surface area contributed by atoms with Crippen LogP contribution in [0.5, 0.6) is 0 Å². The van der Waals surface area contributed by atoms with E-state index in [0.29, 0.717) is 29.0 Å². The van der Waals surface area contributed by atoms with Crippen molar-refractivity contribution in [2.24, 2.45) is 0 Å². The molecule has 0 aliphatic carbocycles. The Kier molecular flexibility index (Phi) is 5.25. The first-order valence-corrected chi connectivity index (χ1v) is 8.03. The van der Waals surface area contributed by atoms with Gasteiger partial charge in [0.1, 0.15) is 23.6 Å². The normalized spacial score (nSPS) is 10.5. The molecule has 1 aromatic carbocycles. The molecule has 0 atom stereocenters. The predicted octanol–water partition coefficient (Wildman–Crippen LogP) is 3.33. The van der Waals surface area contributed by atoms with E-state index >= 15 is 0 Å². The molecule has 0 radical (unpaired) electrons. The molecule has 0 saturated carbocycles. The van der Waals surface area contributed by atoms with Gasteiger partial charge in [0.2, 0.25) is 0 Å². The minimum Gasteiger partial charge on any atom is -0.370 e. The largest absolute Gasteiger partial charge is 0.370 e. The van der Waals surface area contributed by atoms with Gasteiger partial charge in [0.05, 0.1) is 0 Å². The number of hydrogen-bond acceptors (Lipinski definition) is 6. The summed E-state index contributed by atoms with van der Waals surface area (Å²) in [4.78, 5) is 20.3. The van der Waals surface area contributed by atoms with Crippen molar-refractivity contribution in [3.8, 4) is 0 Å². The molecule has 3 rings (SSSR count). The molecule has 2 heterocycles. The van der Waals surface area contributed by atoms with E-state index in [0.717, 1.165) is 12.0 Å². The first-order chi connectivity index (χ1) is 12.1. The van der Waals surface area contributed by atoms with Gasteiger partial charge in [-0.3, -0.25) is 4.79 Å². The van der Waals surface area contributed by atoms with E-state index in [4.69, 9.17) is 16.1 Å². The molecule has 2 N–H and O–H groups in total. The van der Waals surface area contributed by atoms with E-state index in [1.165, 1.54) is 6.33 Å². The molecule has 3 aromatic rings. The molecule has 2 aromatic heterocycles. The first kappa shape index (κ1) is 16.9. The summed E-state index contributed by atoms with van der Waals surface area (Å²) in [7, 11) is 0. The van der Waals surface area contributed by atoms with Crippen molar-refractivity contribution in [1.82, 2.24) is 15.1 Å². The lowest BCUT2D eigenvalue weighted by Gasteiger charge is -2.07. The van der Waals surface area contributed by atoms with Crippen LogP contribution in [0.3, 0.4) is 0 Å². The second-order valence-electron chi connectivity index (χ2n) is 5.37. The number of nitrogens with one attached hydrogen (secondary N) is 2. The Bertz CT molecular complexity index is 881. The summed E-state index contributed by atoms with van der Waals surface area (Å²) in [5, 5.41) is 10.2. The fraction of sp³-hybridized carbons (Fsp3) is 0.176. The van der Waals surface area contributed by atoms with Gasteiger partial charge in [-0.05, 0) is 31.0 Å². The van der Waals surface area contributed by atoms with Crippen LogP contribution in [0.15, 0.2) is 47.2 Å². The fourth-order valence-electron chi connectivity index (χ4n) is 2.21. The van der Waals surface area contributed by atoms with Crippen molar-refractivity contribution in [2.75, 3.05) is 17.2 Å². The molecule has 0 spiro atoms. The topological polar surface area (TPSA) is 92.9 Å². The number of rotatable bonds is 6. The third-order valence-corrected chi connectivity index (χ3v) is 3.61. The summed E-state index contributed by atoms with van der Waals surface area (Å²) < 4.78 is 4.91. The van der Waals surface area contributed by atoms with Gasteiger partial charge in [-0.2, -0.15) is 0 Å². The summed E-state index contributed by atoms with van der Waals surface area (Å²) >= 11 is 5.97. The molecular formula is C17H16ClN5O2. The van der Waals surface area contributed by atoms with Gasteiger partial charge in [-0.25, -0.2) is 9.97 Å². The van der Waals surface area contributed by atoms with E-state index in [2.05, 4.69) is 25.8 Å². The van der Waals surface area contributed by atoms with Crippen LogP contribution in [0.25, 0.3) is 0 Å². The summed E-state index contributed by atoms with van der Waals surface area (Å²) in [5.74, 6) is 1.14. The highest BCUT2D eigenvalue weighted by Crippen LogP contribution is 2.12. The Balaban J connectivity index is 1.58. The number of aromatic nitrogens is 3. The van der Waals surface area contributed by atoms with Crippen molar-refractivity contribution in [1.29, 1.82) is 0 Å². The van der Waals surface area contributed by atoms with Gasteiger partial charge in [0, 0.05) is 23.7 Å². The second kappa shape index (κ2) is 7.76. The molecule has 0 unspecified atom stereocenters. The molecular weight excluding hydrogens is 342 g/mol. The summed E-state index contributed by atoms with van der Waals surface area (Å²) in [5.41, 5.74) is 1.36. The molecule has 25 heavy (non-hydrogen) atoms. The smallest absolute Gasteiger partial charge is 0.275 e. The fourth-order valence-corrected chi connectivity index (χ4v) is 2.42. The van der Waals surface area contributed by atoms with Crippen LogP contribution in [-0.2, 0) is 6.42 Å². The molecule has 8 heteroatoms. The molecule has 0 fully saturated rings. The Morgan fingerprint density at radius 2 is 2.08 bits per heavy atom. The molecule has 7 nitrogen and oxygen atoms in total. The van der Waals surface area contributed by atoms with Gasteiger partial charge in [-0.1, -0.05) is 28.9 Å². The maximum Gasteiger partial charge on any atom is 0.275 e. The average Bonchev–Trinajstić information content (AvgIpc) is 3.00. The van der Waals surface area contributed by atoms with Crippen LogP contribution in [0.2, 0.25) is 5.02 Å². The second-order valence-corrected chi connectivity index (χ2v) is 5.81. The lowest BCUT2D eigenvalue weighted by Crippen LogP contribution is -2.15. The zero-order chi connectivity index (χ0) is 17.6. The highest BCUT2D eigenvalue weighted by Gasteiger charge is 2.11. The SMILES string of the molecule is Cc1cc(NC(=O)c2cc(NCCc3cccc(Cl)c3)ncn2)no1. The molecule has 0 saturated heterocycles. The van der Waals surface area contributed by atoms with E-state index in [1.807, 2.05) is 24.3 Å². The number of halogens is 1. The van der Waals surface area contributed by atoms with Crippen LogP contribution >= 0.6 is 11.6 Å². The highest BCUT2D eigenvalue weighted by atomic mass is 35.5. The zero-order valence-corrected chi connectivity index (χ0v) is 14.2. The van der Waals surface area contributed by atoms with Crippen molar-refractivity contribution in [3.05, 3.63) is 64.8 Å². The van der Waals surface area contributed by atoms with Crippen LogP contribution < -0.4 is 10.6 Å². The number of carbonyl (C=O) groups is 1. The third kappa shape index (κ3) is 4.77. The number of carbonyl (C=O) groups excluding carboxylic acids is 1. The monoisotopic (exact) mass is 357 g/mol. The van der Waals surface area contributed by atoms with Crippen LogP contribution in [-0.4, -0.2) is 27.6 Å². The van der Waals surface area contributed by atoms with Crippen LogP contribution in [0, 0.1) is 6.92 Å². The van der Waals surface area contributed by atoms with Gasteiger partial charge >= 0.3 is 0 Å². The maximum atomic E-state index is 12.2. The van der Waals surface area contributed by atoms with Gasteiger partial charge < -0.3 is 15.2 Å². The molecule has 128 valence electrons. The minimum atomic E-state index is -0.381. The number of amides is 1. The number of benzene rings is 1. The first-order valence-electron chi connectivity index (χ1n) is 7.65. The van der Waals surface area contributed by atoms with Crippen molar-refractivity contribution >= 4 is 29.1 Å². The standard InChI is InChI=1S/C17H16ClN5O2/c1-11-7-16(23-25-11)22-17(24)14-9-15(21-10-20-14)19-6-5-12-3-2-4-13(18)8-12/h2-4,7-10H,5-6H2,1H3,(H,19,20,21)(H,22,23,24). The Morgan fingerprint density at radius 3 is 2.84 bits per heavy atom. The Hall–Kier alpha value is -2.93. The van der Waals surface area contributed by atoms with Crippen molar-refractivity contribution < 1.29 is 9.32 Å².